The topological polar surface area (TPSA) is 102 Å². The number of benzene rings is 8. The minimum absolute atomic E-state index is 0.126. The van der Waals surface area contributed by atoms with Crippen LogP contribution in [0.25, 0.3) is 0 Å². The zero-order valence-corrected chi connectivity index (χ0v) is 46.3. The molecule has 0 unspecified atom stereocenters. The number of ether oxygens (including phenoxy) is 11. The molecule has 8 aromatic rings. The van der Waals surface area contributed by atoms with Crippen LogP contribution in [0.2, 0.25) is 0 Å². The summed E-state index contributed by atoms with van der Waals surface area (Å²) < 4.78 is 79.3. The highest BCUT2D eigenvalue weighted by Gasteiger charge is 2.58. The predicted octanol–water partition coefficient (Wildman–Crippen LogP) is 13.0. The van der Waals surface area contributed by atoms with Crippen molar-refractivity contribution in [3.8, 4) is 0 Å². The predicted molar refractivity (Wildman–Crippen MR) is 315 cm³/mol. The van der Waals surface area contributed by atoms with Gasteiger partial charge in [-0.3, -0.25) is 0 Å². The van der Waals surface area contributed by atoms with Crippen molar-refractivity contribution in [3.05, 3.63) is 300 Å². The quantitative estimate of drug-likeness (QED) is 0.0402. The van der Waals surface area contributed by atoms with E-state index >= 15 is 0 Å². The molecule has 0 aromatic heterocycles. The summed E-state index contributed by atoms with van der Waals surface area (Å²) >= 11 is 0. The first-order chi connectivity index (χ1) is 40.6. The van der Waals surface area contributed by atoms with Gasteiger partial charge in [0.2, 0.25) is 0 Å². The molecule has 2 aliphatic rings. The molecule has 11 atom stereocenters. The summed E-state index contributed by atoms with van der Waals surface area (Å²) in [4.78, 5) is 0. The largest absolute Gasteiger partial charge is 0.374 e. The molecule has 82 heavy (non-hydrogen) atoms. The summed E-state index contributed by atoms with van der Waals surface area (Å²) in [7, 11) is 0. The molecule has 1 saturated heterocycles. The number of hydrogen-bond donors (Lipinski definition) is 0. The molecule has 1 heterocycles. The second-order valence-corrected chi connectivity index (χ2v) is 20.6. The summed E-state index contributed by atoms with van der Waals surface area (Å²) in [6.45, 7) is 6.38. The lowest BCUT2D eigenvalue weighted by Crippen LogP contribution is -2.69. The lowest BCUT2D eigenvalue weighted by atomic mass is 9.83. The van der Waals surface area contributed by atoms with Crippen molar-refractivity contribution in [2.45, 2.75) is 120 Å². The monoisotopic (exact) mass is 1100 g/mol. The lowest BCUT2D eigenvalue weighted by Gasteiger charge is -2.52. The van der Waals surface area contributed by atoms with E-state index in [1.54, 1.807) is 6.08 Å². The van der Waals surface area contributed by atoms with Crippen LogP contribution in [0.1, 0.15) is 44.5 Å². The molecule has 11 nitrogen and oxygen atoms in total. The van der Waals surface area contributed by atoms with Crippen LogP contribution in [0.5, 0.6) is 0 Å². The third kappa shape index (κ3) is 16.8. The van der Waals surface area contributed by atoms with Gasteiger partial charge in [-0.15, -0.1) is 6.58 Å². The maximum atomic E-state index is 7.77. The maximum Gasteiger partial charge on any atom is 0.187 e. The Morgan fingerprint density at radius 1 is 0.280 bits per heavy atom. The van der Waals surface area contributed by atoms with Gasteiger partial charge >= 0.3 is 0 Å². The van der Waals surface area contributed by atoms with Crippen LogP contribution in [0, 0.1) is 0 Å². The Morgan fingerprint density at radius 2 is 0.524 bits per heavy atom. The van der Waals surface area contributed by atoms with E-state index in [4.69, 9.17) is 52.1 Å². The summed E-state index contributed by atoms with van der Waals surface area (Å²) in [5, 5.41) is 0. The molecule has 1 aliphatic heterocycles. The third-order valence-corrected chi connectivity index (χ3v) is 14.6. The summed E-state index contributed by atoms with van der Waals surface area (Å²) in [5.41, 5.74) is 7.81. The van der Waals surface area contributed by atoms with Crippen LogP contribution in [0.15, 0.2) is 255 Å². The van der Waals surface area contributed by atoms with Crippen LogP contribution in [0.3, 0.4) is 0 Å². The van der Waals surface area contributed by atoms with Crippen molar-refractivity contribution in [3.63, 3.8) is 0 Å². The van der Waals surface area contributed by atoms with Gasteiger partial charge in [-0.2, -0.15) is 0 Å². The van der Waals surface area contributed by atoms with Crippen LogP contribution in [0.4, 0.5) is 0 Å². The van der Waals surface area contributed by atoms with E-state index < -0.39 is 67.3 Å². The van der Waals surface area contributed by atoms with Crippen molar-refractivity contribution >= 4 is 0 Å². The van der Waals surface area contributed by atoms with E-state index in [-0.39, 0.29) is 59.5 Å². The molecule has 1 aliphatic carbocycles. The number of hydrogen-bond acceptors (Lipinski definition) is 11. The van der Waals surface area contributed by atoms with E-state index in [0.717, 1.165) is 44.5 Å². The molecule has 0 amide bonds. The van der Waals surface area contributed by atoms with E-state index in [0.29, 0.717) is 6.61 Å². The Hall–Kier alpha value is -6.94. The molecule has 0 bridgehead atoms. The van der Waals surface area contributed by atoms with Crippen LogP contribution in [-0.4, -0.2) is 80.5 Å². The standard InChI is InChI=1S/C71H74O11/c1-2-43-73-67-65(77-48-57-35-19-7-20-36-57)64(76-47-56-33-17-6-18-34-56)66(78-49-58-37-21-8-22-38-58)68(79-50-59-39-23-9-24-40-59)69(67)82-71-70(80-51-60-41-25-10-26-42-60)63(75-46-55-31-15-5-16-32-55)62(74-45-54-29-13-4-14-30-54)61(81-71)52-72-44-53-27-11-3-12-28-53/h2-42,61-71H,1,43-52H2/t61-,62-,63+,64+,65+,66-,67-,68+,69-,70+,71-/m1/s1. The fourth-order valence-electron chi connectivity index (χ4n) is 10.5. The molecule has 11 heteroatoms. The molecule has 0 spiro atoms. The lowest BCUT2D eigenvalue weighted by molar-refractivity contribution is -0.365. The van der Waals surface area contributed by atoms with E-state index in [9.17, 15) is 0 Å². The van der Waals surface area contributed by atoms with Crippen molar-refractivity contribution in [1.82, 2.24) is 0 Å². The third-order valence-electron chi connectivity index (χ3n) is 14.6. The first kappa shape index (κ1) is 58.3. The number of rotatable bonds is 30. The zero-order chi connectivity index (χ0) is 55.8. The van der Waals surface area contributed by atoms with Gasteiger partial charge in [0.15, 0.2) is 6.29 Å². The Balaban J connectivity index is 1.10. The summed E-state index contributed by atoms with van der Waals surface area (Å²) in [6.07, 6.45) is -7.70. The first-order valence-corrected chi connectivity index (χ1v) is 28.4. The van der Waals surface area contributed by atoms with Gasteiger partial charge < -0.3 is 52.1 Å². The SMILES string of the molecule is C=CCO[C@@H]1[C@@H](OCc2ccccc2)[C@H](OCc2ccccc2)[C@@H](OCc2ccccc2)[C@H](OCc2ccccc2)[C@@H]1O[C@H]1O[C@H](COCc2ccccc2)[C@@H](OCc2ccccc2)[C@H](OCc2ccccc2)[C@@H]1OCc1ccccc1. The smallest absolute Gasteiger partial charge is 0.187 e. The van der Waals surface area contributed by atoms with E-state index in [2.05, 4.69) is 6.58 Å². The van der Waals surface area contributed by atoms with E-state index in [1.165, 1.54) is 0 Å². The highest BCUT2D eigenvalue weighted by atomic mass is 16.7. The highest BCUT2D eigenvalue weighted by Crippen LogP contribution is 2.40. The molecule has 424 valence electrons. The minimum atomic E-state index is -1.15. The second-order valence-electron chi connectivity index (χ2n) is 20.6. The van der Waals surface area contributed by atoms with Gasteiger partial charge in [-0.1, -0.05) is 249 Å². The Labute approximate surface area is 483 Å². The Kier molecular flexibility index (Phi) is 22.4. The highest BCUT2D eigenvalue weighted by molar-refractivity contribution is 5.20. The van der Waals surface area contributed by atoms with Crippen LogP contribution < -0.4 is 0 Å². The molecule has 1 saturated carbocycles. The van der Waals surface area contributed by atoms with Crippen LogP contribution >= 0.6 is 0 Å². The first-order valence-electron chi connectivity index (χ1n) is 28.4. The maximum absolute atomic E-state index is 7.77. The molecule has 10 rings (SSSR count). The summed E-state index contributed by atoms with van der Waals surface area (Å²) in [5.74, 6) is 0. The molecule has 2 fully saturated rings. The average molecular weight is 1100 g/mol. The van der Waals surface area contributed by atoms with Gasteiger partial charge in [0.25, 0.3) is 0 Å². The van der Waals surface area contributed by atoms with Crippen molar-refractivity contribution < 1.29 is 52.1 Å². The Morgan fingerprint density at radius 3 is 0.829 bits per heavy atom. The van der Waals surface area contributed by atoms with Gasteiger partial charge in [-0.05, 0) is 44.5 Å². The minimum Gasteiger partial charge on any atom is -0.374 e. The second kappa shape index (κ2) is 31.5. The van der Waals surface area contributed by atoms with Gasteiger partial charge in [0.05, 0.1) is 66.1 Å². The average Bonchev–Trinajstić information content (AvgIpc) is 2.62. The fraction of sp³-hybridized carbons (Fsp3) is 0.296. The van der Waals surface area contributed by atoms with Gasteiger partial charge in [0.1, 0.15) is 61.0 Å². The van der Waals surface area contributed by atoms with Gasteiger partial charge in [0, 0.05) is 0 Å². The molecule has 0 radical (unpaired) electrons. The van der Waals surface area contributed by atoms with Crippen LogP contribution in [-0.2, 0) is 105 Å². The zero-order valence-electron chi connectivity index (χ0n) is 46.3. The summed E-state index contributed by atoms with van der Waals surface area (Å²) in [6, 6.07) is 80.7. The van der Waals surface area contributed by atoms with Gasteiger partial charge in [-0.25, -0.2) is 0 Å². The van der Waals surface area contributed by atoms with Crippen molar-refractivity contribution in [2.75, 3.05) is 13.2 Å². The molecule has 0 N–H and O–H groups in total. The van der Waals surface area contributed by atoms with Crippen molar-refractivity contribution in [1.29, 1.82) is 0 Å². The normalized spacial score (nSPS) is 23.5. The fourth-order valence-corrected chi connectivity index (χ4v) is 10.5. The van der Waals surface area contributed by atoms with Crippen molar-refractivity contribution in [2.24, 2.45) is 0 Å². The molecule has 8 aromatic carbocycles. The Bertz CT molecular complexity index is 3000. The molecular weight excluding hydrogens is 1030 g/mol. The molecular formula is C71H74O11. The van der Waals surface area contributed by atoms with E-state index in [1.807, 2.05) is 243 Å².